The van der Waals surface area contributed by atoms with Crippen LogP contribution in [0.2, 0.25) is 0 Å². The van der Waals surface area contributed by atoms with Crippen molar-refractivity contribution in [1.29, 1.82) is 0 Å². The minimum Gasteiger partial charge on any atom is -0.507 e. The second kappa shape index (κ2) is 7.76. The summed E-state index contributed by atoms with van der Waals surface area (Å²) in [5.41, 5.74) is 6.50. The molecule has 0 aliphatic carbocycles. The monoisotopic (exact) mass is 266 g/mol. The van der Waals surface area contributed by atoms with E-state index in [1.165, 1.54) is 0 Å². The van der Waals surface area contributed by atoms with Gasteiger partial charge in [0.05, 0.1) is 12.2 Å². The normalized spacial score (nSPS) is 10.5. The van der Waals surface area contributed by atoms with E-state index < -0.39 is 0 Å². The Balaban J connectivity index is 2.87. The predicted octanol–water partition coefficient (Wildman–Crippen LogP) is 1.14. The van der Waals surface area contributed by atoms with Crippen molar-refractivity contribution in [3.63, 3.8) is 0 Å². The highest BCUT2D eigenvalue weighted by Crippen LogP contribution is 2.22. The van der Waals surface area contributed by atoms with Crippen LogP contribution in [0, 0.1) is 6.92 Å². The van der Waals surface area contributed by atoms with Gasteiger partial charge in [-0.3, -0.25) is 4.79 Å². The average Bonchev–Trinajstić information content (AvgIpc) is 2.41. The summed E-state index contributed by atoms with van der Waals surface area (Å²) in [5.74, 6) is -0.144. The number of phenols is 1. The van der Waals surface area contributed by atoms with Crippen LogP contribution in [0.1, 0.15) is 22.3 Å². The number of hydrogen-bond acceptors (Lipinski definition) is 4. The zero-order chi connectivity index (χ0) is 14.3. The summed E-state index contributed by atoms with van der Waals surface area (Å²) in [6, 6.07) is 5.16. The standard InChI is InChI=1S/C14H22N2O3/c1-11-5-3-6-12(13(11)17)14(18)16(8-4-7-15)9-10-19-2/h3,5-6,17H,4,7-10,15H2,1-2H3. The highest BCUT2D eigenvalue weighted by molar-refractivity contribution is 5.97. The van der Waals surface area contributed by atoms with Crippen molar-refractivity contribution in [3.05, 3.63) is 29.3 Å². The molecule has 5 heteroatoms. The zero-order valence-electron chi connectivity index (χ0n) is 11.6. The molecule has 0 spiro atoms. The molecule has 0 heterocycles. The van der Waals surface area contributed by atoms with Gasteiger partial charge in [-0.15, -0.1) is 0 Å². The van der Waals surface area contributed by atoms with E-state index in [1.54, 1.807) is 37.1 Å². The predicted molar refractivity (Wildman–Crippen MR) is 74.3 cm³/mol. The largest absolute Gasteiger partial charge is 0.507 e. The average molecular weight is 266 g/mol. The number of para-hydroxylation sites is 1. The number of carbonyl (C=O) groups is 1. The van der Waals surface area contributed by atoms with Crippen LogP contribution in [0.4, 0.5) is 0 Å². The summed E-state index contributed by atoms with van der Waals surface area (Å²) >= 11 is 0. The Morgan fingerprint density at radius 2 is 2.16 bits per heavy atom. The van der Waals surface area contributed by atoms with Crippen molar-refractivity contribution < 1.29 is 14.6 Å². The van der Waals surface area contributed by atoms with E-state index in [4.69, 9.17) is 10.5 Å². The van der Waals surface area contributed by atoms with Crippen molar-refractivity contribution in [2.75, 3.05) is 33.4 Å². The van der Waals surface area contributed by atoms with Gasteiger partial charge in [0, 0.05) is 20.2 Å². The van der Waals surface area contributed by atoms with Crippen LogP contribution in [-0.2, 0) is 4.74 Å². The van der Waals surface area contributed by atoms with Crippen molar-refractivity contribution in [2.45, 2.75) is 13.3 Å². The van der Waals surface area contributed by atoms with Crippen molar-refractivity contribution in [3.8, 4) is 5.75 Å². The number of phenolic OH excluding ortho intramolecular Hbond substituents is 1. The second-order valence-electron chi connectivity index (χ2n) is 4.40. The van der Waals surface area contributed by atoms with Crippen LogP contribution in [0.5, 0.6) is 5.75 Å². The third-order valence-corrected chi connectivity index (χ3v) is 2.95. The number of rotatable bonds is 7. The summed E-state index contributed by atoms with van der Waals surface area (Å²) in [5, 5.41) is 9.96. The molecule has 0 saturated carbocycles. The molecule has 0 bridgehead atoms. The van der Waals surface area contributed by atoms with Gasteiger partial charge in [0.25, 0.3) is 5.91 Å². The van der Waals surface area contributed by atoms with E-state index in [-0.39, 0.29) is 11.7 Å². The lowest BCUT2D eigenvalue weighted by Crippen LogP contribution is -2.35. The number of benzene rings is 1. The molecule has 106 valence electrons. The van der Waals surface area contributed by atoms with E-state index in [1.807, 2.05) is 0 Å². The highest BCUT2D eigenvalue weighted by atomic mass is 16.5. The fraction of sp³-hybridized carbons (Fsp3) is 0.500. The number of amides is 1. The fourth-order valence-electron chi connectivity index (χ4n) is 1.80. The Bertz CT molecular complexity index is 413. The van der Waals surface area contributed by atoms with Gasteiger partial charge < -0.3 is 20.5 Å². The number of nitrogens with zero attached hydrogens (tertiary/aromatic N) is 1. The Kier molecular flexibility index (Phi) is 6.32. The van der Waals surface area contributed by atoms with Crippen LogP contribution in [0.15, 0.2) is 18.2 Å². The molecule has 0 saturated heterocycles. The van der Waals surface area contributed by atoms with E-state index in [0.717, 1.165) is 6.42 Å². The lowest BCUT2D eigenvalue weighted by molar-refractivity contribution is 0.0691. The molecule has 0 aliphatic rings. The molecule has 19 heavy (non-hydrogen) atoms. The Labute approximate surface area is 114 Å². The number of ether oxygens (including phenoxy) is 1. The Morgan fingerprint density at radius 3 is 2.79 bits per heavy atom. The molecule has 1 amide bonds. The summed E-state index contributed by atoms with van der Waals surface area (Å²) in [4.78, 5) is 14.1. The van der Waals surface area contributed by atoms with Gasteiger partial charge in [-0.2, -0.15) is 0 Å². The van der Waals surface area contributed by atoms with Gasteiger partial charge in [-0.1, -0.05) is 12.1 Å². The quantitative estimate of drug-likeness (QED) is 0.776. The number of nitrogens with two attached hydrogens (primary N) is 1. The van der Waals surface area contributed by atoms with Gasteiger partial charge in [-0.05, 0) is 31.5 Å². The number of aryl methyl sites for hydroxylation is 1. The third kappa shape index (κ3) is 4.22. The summed E-state index contributed by atoms with van der Waals surface area (Å²) < 4.78 is 5.00. The van der Waals surface area contributed by atoms with Crippen molar-refractivity contribution >= 4 is 5.91 Å². The molecule has 1 aromatic rings. The molecule has 1 aromatic carbocycles. The molecule has 0 unspecified atom stereocenters. The van der Waals surface area contributed by atoms with Gasteiger partial charge in [0.1, 0.15) is 5.75 Å². The SMILES string of the molecule is COCCN(CCCN)C(=O)c1cccc(C)c1O. The fourth-order valence-corrected chi connectivity index (χ4v) is 1.80. The molecule has 5 nitrogen and oxygen atoms in total. The van der Waals surface area contributed by atoms with Crippen LogP contribution < -0.4 is 5.73 Å². The summed E-state index contributed by atoms with van der Waals surface area (Å²) in [7, 11) is 1.59. The lowest BCUT2D eigenvalue weighted by Gasteiger charge is -2.23. The Hall–Kier alpha value is -1.59. The Morgan fingerprint density at radius 1 is 1.42 bits per heavy atom. The molecule has 0 radical (unpaired) electrons. The number of methoxy groups -OCH3 is 1. The molecule has 1 rings (SSSR count). The first-order valence-electron chi connectivity index (χ1n) is 6.38. The highest BCUT2D eigenvalue weighted by Gasteiger charge is 2.19. The smallest absolute Gasteiger partial charge is 0.257 e. The van der Waals surface area contributed by atoms with Gasteiger partial charge in [0.15, 0.2) is 0 Å². The maximum atomic E-state index is 12.4. The van der Waals surface area contributed by atoms with Gasteiger partial charge in [-0.25, -0.2) is 0 Å². The number of carbonyl (C=O) groups excluding carboxylic acids is 1. The van der Waals surface area contributed by atoms with Crippen molar-refractivity contribution in [2.24, 2.45) is 5.73 Å². The van der Waals surface area contributed by atoms with Crippen LogP contribution in [0.25, 0.3) is 0 Å². The van der Waals surface area contributed by atoms with E-state index in [0.29, 0.717) is 37.4 Å². The maximum Gasteiger partial charge on any atom is 0.257 e. The summed E-state index contributed by atoms with van der Waals surface area (Å²) in [6.45, 7) is 3.81. The molecular formula is C14H22N2O3. The first kappa shape index (κ1) is 15.5. The maximum absolute atomic E-state index is 12.4. The van der Waals surface area contributed by atoms with Crippen LogP contribution in [-0.4, -0.2) is 49.3 Å². The summed E-state index contributed by atoms with van der Waals surface area (Å²) in [6.07, 6.45) is 0.724. The van der Waals surface area contributed by atoms with Gasteiger partial charge >= 0.3 is 0 Å². The molecule has 0 atom stereocenters. The molecule has 0 aliphatic heterocycles. The molecule has 0 fully saturated rings. The molecular weight excluding hydrogens is 244 g/mol. The first-order chi connectivity index (χ1) is 9.11. The minimum absolute atomic E-state index is 0.0441. The van der Waals surface area contributed by atoms with Crippen LogP contribution >= 0.6 is 0 Å². The van der Waals surface area contributed by atoms with E-state index in [2.05, 4.69) is 0 Å². The van der Waals surface area contributed by atoms with Crippen LogP contribution in [0.3, 0.4) is 0 Å². The zero-order valence-corrected chi connectivity index (χ0v) is 11.6. The molecule has 3 N–H and O–H groups in total. The first-order valence-corrected chi connectivity index (χ1v) is 6.38. The number of hydrogen-bond donors (Lipinski definition) is 2. The topological polar surface area (TPSA) is 75.8 Å². The second-order valence-corrected chi connectivity index (χ2v) is 4.40. The van der Waals surface area contributed by atoms with Crippen molar-refractivity contribution in [1.82, 2.24) is 4.90 Å². The van der Waals surface area contributed by atoms with E-state index >= 15 is 0 Å². The molecule has 0 aromatic heterocycles. The third-order valence-electron chi connectivity index (χ3n) is 2.95. The number of aromatic hydroxyl groups is 1. The van der Waals surface area contributed by atoms with E-state index in [9.17, 15) is 9.90 Å². The lowest BCUT2D eigenvalue weighted by atomic mass is 10.1. The van der Waals surface area contributed by atoms with Gasteiger partial charge in [0.2, 0.25) is 0 Å². The minimum atomic E-state index is -0.188.